The van der Waals surface area contributed by atoms with Crippen LogP contribution in [0.1, 0.15) is 57.9 Å². The molecule has 2 atom stereocenters. The number of ether oxygens (including phenoxy) is 1. The fourth-order valence-electron chi connectivity index (χ4n) is 4.59. The summed E-state index contributed by atoms with van der Waals surface area (Å²) in [5.41, 5.74) is 1.30. The standard InChI is InChI=1S/C22H33ClN2O2/c1-3-25(4-2)21(26)11-10-20-12-14-22(27-20)13-5-15-24(17-22)16-18-6-8-19(23)9-7-18/h6-9,20H,3-5,10-17H2,1-2H3/t20-,22-/m0/s1. The fraction of sp³-hybridized carbons (Fsp3) is 0.682. The first-order chi connectivity index (χ1) is 13.0. The van der Waals surface area contributed by atoms with E-state index in [1.54, 1.807) is 0 Å². The fourth-order valence-corrected chi connectivity index (χ4v) is 4.72. The number of carbonyl (C=O) groups is 1. The number of carbonyl (C=O) groups excluding carboxylic acids is 1. The van der Waals surface area contributed by atoms with Crippen LogP contribution < -0.4 is 0 Å². The van der Waals surface area contributed by atoms with Crippen molar-refractivity contribution in [2.75, 3.05) is 26.2 Å². The second-order valence-corrected chi connectivity index (χ2v) is 8.44. The summed E-state index contributed by atoms with van der Waals surface area (Å²) in [6.07, 6.45) is 6.23. The van der Waals surface area contributed by atoms with Gasteiger partial charge in [0.1, 0.15) is 0 Å². The van der Waals surface area contributed by atoms with Crippen LogP contribution in [-0.4, -0.2) is 53.6 Å². The van der Waals surface area contributed by atoms with E-state index in [4.69, 9.17) is 16.3 Å². The van der Waals surface area contributed by atoms with Gasteiger partial charge in [-0.1, -0.05) is 23.7 Å². The first-order valence-corrected chi connectivity index (χ1v) is 10.8. The number of piperidine rings is 1. The van der Waals surface area contributed by atoms with Gasteiger partial charge in [0.2, 0.25) is 5.91 Å². The van der Waals surface area contributed by atoms with E-state index in [1.165, 1.54) is 12.0 Å². The minimum absolute atomic E-state index is 0.00636. The first-order valence-electron chi connectivity index (χ1n) is 10.5. The maximum atomic E-state index is 12.3. The van der Waals surface area contributed by atoms with Crippen LogP contribution >= 0.6 is 11.6 Å². The van der Waals surface area contributed by atoms with Crippen LogP contribution in [0.15, 0.2) is 24.3 Å². The van der Waals surface area contributed by atoms with Crippen LogP contribution in [0.2, 0.25) is 5.02 Å². The molecule has 2 saturated heterocycles. The summed E-state index contributed by atoms with van der Waals surface area (Å²) in [5, 5.41) is 0.787. The smallest absolute Gasteiger partial charge is 0.222 e. The summed E-state index contributed by atoms with van der Waals surface area (Å²) < 4.78 is 6.54. The Labute approximate surface area is 168 Å². The molecule has 2 aliphatic heterocycles. The Kier molecular flexibility index (Phi) is 7.18. The highest BCUT2D eigenvalue weighted by molar-refractivity contribution is 6.30. The van der Waals surface area contributed by atoms with Crippen molar-refractivity contribution in [2.24, 2.45) is 0 Å². The summed E-state index contributed by atoms with van der Waals surface area (Å²) in [6, 6.07) is 8.15. The molecule has 2 fully saturated rings. The molecule has 1 amide bonds. The molecule has 0 bridgehead atoms. The third-order valence-electron chi connectivity index (χ3n) is 6.07. The normalized spacial score (nSPS) is 25.8. The minimum atomic E-state index is -0.00636. The highest BCUT2D eigenvalue weighted by Crippen LogP contribution is 2.39. The molecule has 0 unspecified atom stereocenters. The van der Waals surface area contributed by atoms with E-state index < -0.39 is 0 Å². The molecular weight excluding hydrogens is 360 g/mol. The van der Waals surface area contributed by atoms with Gasteiger partial charge in [-0.25, -0.2) is 0 Å². The molecule has 1 aromatic carbocycles. The molecular formula is C22H33ClN2O2. The first kappa shape index (κ1) is 20.6. The average Bonchev–Trinajstić information content (AvgIpc) is 3.05. The monoisotopic (exact) mass is 392 g/mol. The van der Waals surface area contributed by atoms with Gasteiger partial charge >= 0.3 is 0 Å². The quantitative estimate of drug-likeness (QED) is 0.684. The molecule has 3 rings (SSSR count). The van der Waals surface area contributed by atoms with E-state index in [2.05, 4.69) is 17.0 Å². The molecule has 0 aliphatic carbocycles. The average molecular weight is 393 g/mol. The Morgan fingerprint density at radius 1 is 1.26 bits per heavy atom. The Balaban J connectivity index is 1.50. The number of halogens is 1. The van der Waals surface area contributed by atoms with Gasteiger partial charge in [-0.3, -0.25) is 9.69 Å². The summed E-state index contributed by atoms with van der Waals surface area (Å²) in [4.78, 5) is 16.7. The van der Waals surface area contributed by atoms with Crippen molar-refractivity contribution in [2.45, 2.75) is 70.6 Å². The van der Waals surface area contributed by atoms with Crippen molar-refractivity contribution in [3.63, 3.8) is 0 Å². The second-order valence-electron chi connectivity index (χ2n) is 8.01. The van der Waals surface area contributed by atoms with Gasteiger partial charge in [0.05, 0.1) is 11.7 Å². The van der Waals surface area contributed by atoms with Gasteiger partial charge in [-0.2, -0.15) is 0 Å². The van der Waals surface area contributed by atoms with Crippen molar-refractivity contribution in [3.8, 4) is 0 Å². The highest BCUT2D eigenvalue weighted by Gasteiger charge is 2.43. The zero-order valence-corrected chi connectivity index (χ0v) is 17.5. The number of hydrogen-bond donors (Lipinski definition) is 0. The third-order valence-corrected chi connectivity index (χ3v) is 6.32. The Morgan fingerprint density at radius 3 is 2.70 bits per heavy atom. The lowest BCUT2D eigenvalue weighted by Crippen LogP contribution is -2.47. The molecule has 4 nitrogen and oxygen atoms in total. The summed E-state index contributed by atoms with van der Waals surface area (Å²) in [6.45, 7) is 8.75. The number of rotatable bonds is 7. The van der Waals surface area contributed by atoms with E-state index in [-0.39, 0.29) is 17.6 Å². The van der Waals surface area contributed by atoms with Crippen LogP contribution in [0.25, 0.3) is 0 Å². The van der Waals surface area contributed by atoms with Gasteiger partial charge in [-0.05, 0) is 70.2 Å². The van der Waals surface area contributed by atoms with E-state index in [0.717, 1.165) is 63.4 Å². The van der Waals surface area contributed by atoms with Crippen LogP contribution in [-0.2, 0) is 16.1 Å². The predicted molar refractivity (Wildman–Crippen MR) is 110 cm³/mol. The molecule has 0 radical (unpaired) electrons. The van der Waals surface area contributed by atoms with Crippen molar-refractivity contribution < 1.29 is 9.53 Å². The van der Waals surface area contributed by atoms with Gasteiger partial charge < -0.3 is 9.64 Å². The van der Waals surface area contributed by atoms with Gasteiger partial charge in [-0.15, -0.1) is 0 Å². The zero-order valence-electron chi connectivity index (χ0n) is 16.8. The van der Waals surface area contributed by atoms with Crippen LogP contribution in [0.3, 0.4) is 0 Å². The topological polar surface area (TPSA) is 32.8 Å². The molecule has 27 heavy (non-hydrogen) atoms. The summed E-state index contributed by atoms with van der Waals surface area (Å²) in [7, 11) is 0. The van der Waals surface area contributed by atoms with Gasteiger partial charge in [0, 0.05) is 37.6 Å². The summed E-state index contributed by atoms with van der Waals surface area (Å²) >= 11 is 6.00. The van der Waals surface area contributed by atoms with Gasteiger partial charge in [0.15, 0.2) is 0 Å². The number of likely N-dealkylation sites (tertiary alicyclic amines) is 1. The molecule has 1 spiro atoms. The van der Waals surface area contributed by atoms with Crippen LogP contribution in [0.4, 0.5) is 0 Å². The molecule has 1 aromatic rings. The molecule has 2 aliphatic rings. The Hall–Kier alpha value is -1.10. The number of hydrogen-bond acceptors (Lipinski definition) is 3. The molecule has 150 valence electrons. The largest absolute Gasteiger partial charge is 0.370 e. The van der Waals surface area contributed by atoms with Crippen molar-refractivity contribution in [1.82, 2.24) is 9.80 Å². The van der Waals surface area contributed by atoms with E-state index >= 15 is 0 Å². The maximum absolute atomic E-state index is 12.3. The number of benzene rings is 1. The number of nitrogens with zero attached hydrogens (tertiary/aromatic N) is 2. The Bertz CT molecular complexity index is 617. The van der Waals surface area contributed by atoms with E-state index in [9.17, 15) is 4.79 Å². The molecule has 0 saturated carbocycles. The lowest BCUT2D eigenvalue weighted by Gasteiger charge is -2.40. The van der Waals surface area contributed by atoms with E-state index in [0.29, 0.717) is 6.42 Å². The maximum Gasteiger partial charge on any atom is 0.222 e. The summed E-state index contributed by atoms with van der Waals surface area (Å²) in [5.74, 6) is 0.262. The second kappa shape index (κ2) is 9.40. The zero-order chi connectivity index (χ0) is 19.3. The van der Waals surface area contributed by atoms with Crippen LogP contribution in [0.5, 0.6) is 0 Å². The van der Waals surface area contributed by atoms with Crippen molar-refractivity contribution in [3.05, 3.63) is 34.9 Å². The highest BCUT2D eigenvalue weighted by atomic mass is 35.5. The lowest BCUT2D eigenvalue weighted by atomic mass is 9.89. The number of amides is 1. The molecule has 0 N–H and O–H groups in total. The van der Waals surface area contributed by atoms with Gasteiger partial charge in [0.25, 0.3) is 0 Å². The van der Waals surface area contributed by atoms with Crippen LogP contribution in [0, 0.1) is 0 Å². The van der Waals surface area contributed by atoms with Crippen molar-refractivity contribution >= 4 is 17.5 Å². The third kappa shape index (κ3) is 5.46. The lowest BCUT2D eigenvalue weighted by molar-refractivity contribution is -0.132. The van der Waals surface area contributed by atoms with E-state index in [1.807, 2.05) is 30.9 Å². The molecule has 0 aromatic heterocycles. The molecule has 2 heterocycles. The Morgan fingerprint density at radius 2 is 2.00 bits per heavy atom. The minimum Gasteiger partial charge on any atom is -0.370 e. The SMILES string of the molecule is CCN(CC)C(=O)CC[C@H]1CC[C@]2(CCCN(Cc3ccc(Cl)cc3)C2)O1. The van der Waals surface area contributed by atoms with Crippen molar-refractivity contribution in [1.29, 1.82) is 0 Å². The molecule has 5 heteroatoms. The predicted octanol–water partition coefficient (Wildman–Crippen LogP) is 4.50.